The molecular formula is C25H26F3N5. The summed E-state index contributed by atoms with van der Waals surface area (Å²) in [7, 11) is 1.81. The van der Waals surface area contributed by atoms with E-state index in [2.05, 4.69) is 10.3 Å². The van der Waals surface area contributed by atoms with Crippen molar-refractivity contribution in [3.8, 4) is 22.4 Å². The molecule has 5 nitrogen and oxygen atoms in total. The van der Waals surface area contributed by atoms with Gasteiger partial charge < -0.3 is 4.57 Å². The summed E-state index contributed by atoms with van der Waals surface area (Å²) in [6.07, 6.45) is 2.53. The Morgan fingerprint density at radius 3 is 2.30 bits per heavy atom. The summed E-state index contributed by atoms with van der Waals surface area (Å²) in [6, 6.07) is 10.1. The topological polar surface area (TPSA) is 48.5 Å². The van der Waals surface area contributed by atoms with Gasteiger partial charge in [0.25, 0.3) is 0 Å². The van der Waals surface area contributed by atoms with Crippen molar-refractivity contribution in [1.29, 1.82) is 0 Å². The minimum atomic E-state index is -2.78. The molecule has 1 aromatic carbocycles. The normalized spacial score (nSPS) is 17.5. The minimum absolute atomic E-state index is 0.0131. The molecule has 3 aromatic heterocycles. The fourth-order valence-corrected chi connectivity index (χ4v) is 4.75. The number of alkyl halides is 3. The third kappa shape index (κ3) is 4.03. The molecule has 0 unspecified atom stereocenters. The zero-order valence-corrected chi connectivity index (χ0v) is 18.9. The van der Waals surface area contributed by atoms with E-state index < -0.39 is 24.4 Å². The van der Waals surface area contributed by atoms with Gasteiger partial charge in [0.05, 0.1) is 29.0 Å². The average Bonchev–Trinajstić information content (AvgIpc) is 3.30. The molecule has 8 heteroatoms. The van der Waals surface area contributed by atoms with Gasteiger partial charge in [-0.2, -0.15) is 0 Å². The van der Waals surface area contributed by atoms with Crippen molar-refractivity contribution in [2.45, 2.75) is 57.7 Å². The molecule has 33 heavy (non-hydrogen) atoms. The molecular weight excluding hydrogens is 427 g/mol. The third-order valence-corrected chi connectivity index (χ3v) is 6.68. The van der Waals surface area contributed by atoms with Crippen molar-refractivity contribution < 1.29 is 13.2 Å². The van der Waals surface area contributed by atoms with E-state index >= 15 is 4.39 Å². The lowest BCUT2D eigenvalue weighted by molar-refractivity contribution is -0.0791. The Labute approximate surface area is 190 Å². The van der Waals surface area contributed by atoms with Crippen molar-refractivity contribution in [3.05, 3.63) is 54.0 Å². The van der Waals surface area contributed by atoms with E-state index in [9.17, 15) is 8.78 Å². The second kappa shape index (κ2) is 7.71. The van der Waals surface area contributed by atoms with E-state index in [1.165, 1.54) is 0 Å². The van der Waals surface area contributed by atoms with Gasteiger partial charge >= 0.3 is 0 Å². The highest BCUT2D eigenvalue weighted by Crippen LogP contribution is 2.42. The number of halogens is 3. The monoisotopic (exact) mass is 453 g/mol. The minimum Gasteiger partial charge on any atom is -0.342 e. The van der Waals surface area contributed by atoms with Gasteiger partial charge in [-0.15, -0.1) is 5.10 Å². The molecule has 4 aromatic rings. The first-order valence-corrected chi connectivity index (χ1v) is 11.1. The maximum atomic E-state index is 15.7. The SMILES string of the molecule is Cc1ccc(-c2cn(CC3(F)CCC(F)(F)CC3)c3cc(-c4c(C)nnn4C)cnc23)cc1. The largest absolute Gasteiger partial charge is 0.342 e. The summed E-state index contributed by atoms with van der Waals surface area (Å²) in [5, 5.41) is 8.20. The lowest BCUT2D eigenvalue weighted by atomic mass is 9.84. The van der Waals surface area contributed by atoms with E-state index in [0.29, 0.717) is 0 Å². The van der Waals surface area contributed by atoms with Gasteiger partial charge in [0.2, 0.25) is 5.92 Å². The second-order valence-corrected chi connectivity index (χ2v) is 9.28. The lowest BCUT2D eigenvalue weighted by Crippen LogP contribution is -2.38. The van der Waals surface area contributed by atoms with Gasteiger partial charge in [0, 0.05) is 43.4 Å². The van der Waals surface area contributed by atoms with E-state index in [1.807, 2.05) is 62.0 Å². The molecule has 172 valence electrons. The first kappa shape index (κ1) is 21.7. The van der Waals surface area contributed by atoms with Crippen LogP contribution in [0.4, 0.5) is 13.2 Å². The number of aryl methyl sites for hydroxylation is 3. The zero-order valence-electron chi connectivity index (χ0n) is 18.9. The number of hydrogen-bond donors (Lipinski definition) is 0. The molecule has 0 N–H and O–H groups in total. The van der Waals surface area contributed by atoms with Crippen LogP contribution < -0.4 is 0 Å². The van der Waals surface area contributed by atoms with Gasteiger partial charge in [-0.3, -0.25) is 4.98 Å². The van der Waals surface area contributed by atoms with Crippen molar-refractivity contribution in [1.82, 2.24) is 24.5 Å². The summed E-state index contributed by atoms with van der Waals surface area (Å²) in [4.78, 5) is 4.75. The third-order valence-electron chi connectivity index (χ3n) is 6.68. The van der Waals surface area contributed by atoms with Crippen LogP contribution in [-0.4, -0.2) is 36.1 Å². The Kier molecular flexibility index (Phi) is 5.06. The van der Waals surface area contributed by atoms with Crippen LogP contribution >= 0.6 is 0 Å². The van der Waals surface area contributed by atoms with Crippen molar-refractivity contribution in [2.24, 2.45) is 7.05 Å². The Balaban J connectivity index is 1.63. The van der Waals surface area contributed by atoms with Crippen LogP contribution in [0.5, 0.6) is 0 Å². The number of hydrogen-bond acceptors (Lipinski definition) is 3. The number of aromatic nitrogens is 5. The van der Waals surface area contributed by atoms with Crippen molar-refractivity contribution in [2.75, 3.05) is 0 Å². The maximum absolute atomic E-state index is 15.7. The van der Waals surface area contributed by atoms with Gasteiger partial charge in [0.1, 0.15) is 5.67 Å². The molecule has 0 spiro atoms. The van der Waals surface area contributed by atoms with E-state index in [1.54, 1.807) is 10.9 Å². The van der Waals surface area contributed by atoms with Gasteiger partial charge in [0.15, 0.2) is 0 Å². The Bertz CT molecular complexity index is 1290. The molecule has 0 atom stereocenters. The lowest BCUT2D eigenvalue weighted by Gasteiger charge is -2.34. The molecule has 1 aliphatic carbocycles. The fraction of sp³-hybridized carbons (Fsp3) is 0.400. The molecule has 1 fully saturated rings. The number of rotatable bonds is 4. The molecule has 1 saturated carbocycles. The quantitative estimate of drug-likeness (QED) is 0.379. The highest BCUT2D eigenvalue weighted by atomic mass is 19.3. The van der Waals surface area contributed by atoms with Crippen LogP contribution in [0.25, 0.3) is 33.4 Å². The Morgan fingerprint density at radius 1 is 0.970 bits per heavy atom. The smallest absolute Gasteiger partial charge is 0.248 e. The summed E-state index contributed by atoms with van der Waals surface area (Å²) < 4.78 is 46.6. The summed E-state index contributed by atoms with van der Waals surface area (Å²) in [6.45, 7) is 3.91. The maximum Gasteiger partial charge on any atom is 0.248 e. The van der Waals surface area contributed by atoms with E-state index in [-0.39, 0.29) is 19.4 Å². The van der Waals surface area contributed by atoms with Gasteiger partial charge in [-0.1, -0.05) is 35.0 Å². The molecule has 0 amide bonds. The zero-order chi connectivity index (χ0) is 23.4. The first-order valence-electron chi connectivity index (χ1n) is 11.1. The molecule has 0 radical (unpaired) electrons. The standard InChI is InChI=1S/C25H26F3N5/c1-16-4-6-18(7-5-16)20-14-33(15-24(26)8-10-25(27,28)11-9-24)21-12-19(13-29-22(20)21)23-17(2)30-31-32(23)3/h4-7,12-14H,8-11,15H2,1-3H3. The molecule has 5 rings (SSSR count). The highest BCUT2D eigenvalue weighted by Gasteiger charge is 2.44. The number of nitrogens with zero attached hydrogens (tertiary/aromatic N) is 5. The Hall–Kier alpha value is -3.16. The van der Waals surface area contributed by atoms with Crippen LogP contribution in [0.1, 0.15) is 36.9 Å². The molecule has 0 saturated heterocycles. The van der Waals surface area contributed by atoms with Crippen molar-refractivity contribution in [3.63, 3.8) is 0 Å². The first-order chi connectivity index (χ1) is 15.6. The van der Waals surface area contributed by atoms with Crippen LogP contribution in [0.3, 0.4) is 0 Å². The van der Waals surface area contributed by atoms with Gasteiger partial charge in [-0.05, 0) is 38.3 Å². The Morgan fingerprint density at radius 2 is 1.67 bits per heavy atom. The summed E-state index contributed by atoms with van der Waals surface area (Å²) >= 11 is 0. The van der Waals surface area contributed by atoms with Crippen molar-refractivity contribution >= 4 is 11.0 Å². The van der Waals surface area contributed by atoms with Crippen LogP contribution in [-0.2, 0) is 13.6 Å². The predicted octanol–water partition coefficient (Wildman–Crippen LogP) is 6.03. The van der Waals surface area contributed by atoms with Crippen LogP contribution in [0, 0.1) is 13.8 Å². The van der Waals surface area contributed by atoms with Crippen LogP contribution in [0.15, 0.2) is 42.7 Å². The fourth-order valence-electron chi connectivity index (χ4n) is 4.75. The molecule has 0 aliphatic heterocycles. The average molecular weight is 454 g/mol. The highest BCUT2D eigenvalue weighted by molar-refractivity contribution is 5.94. The van der Waals surface area contributed by atoms with Gasteiger partial charge in [-0.25, -0.2) is 17.9 Å². The molecule has 3 heterocycles. The number of fused-ring (bicyclic) bond motifs is 1. The van der Waals surface area contributed by atoms with E-state index in [4.69, 9.17) is 4.98 Å². The van der Waals surface area contributed by atoms with Crippen LogP contribution in [0.2, 0.25) is 0 Å². The van der Waals surface area contributed by atoms with E-state index in [0.717, 1.165) is 44.7 Å². The molecule has 0 bridgehead atoms. The summed E-state index contributed by atoms with van der Waals surface area (Å²) in [5.41, 5.74) is 5.27. The number of benzene rings is 1. The predicted molar refractivity (Wildman–Crippen MR) is 122 cm³/mol. The number of pyridine rings is 1. The molecule has 1 aliphatic rings. The summed E-state index contributed by atoms with van der Waals surface area (Å²) in [5.74, 6) is -2.78. The second-order valence-electron chi connectivity index (χ2n) is 9.28.